The molecule has 0 nitrogen and oxygen atoms in total. The highest BCUT2D eigenvalue weighted by atomic mass is 14.4. The lowest BCUT2D eigenvalue weighted by molar-refractivity contribution is 0.661. The van der Waals surface area contributed by atoms with Crippen LogP contribution in [-0.4, -0.2) is 0 Å². The molecule has 0 amide bonds. The summed E-state index contributed by atoms with van der Waals surface area (Å²) in [6.07, 6.45) is 0. The van der Waals surface area contributed by atoms with Crippen LogP contribution in [0.5, 0.6) is 0 Å². The summed E-state index contributed by atoms with van der Waals surface area (Å²) in [5.74, 6) is 0. The fourth-order valence-electron chi connectivity index (χ4n) is 9.52. The van der Waals surface area contributed by atoms with Gasteiger partial charge in [0.15, 0.2) is 0 Å². The molecule has 0 aromatic heterocycles. The van der Waals surface area contributed by atoms with Crippen LogP contribution in [0.2, 0.25) is 0 Å². The van der Waals surface area contributed by atoms with Crippen LogP contribution in [0.1, 0.15) is 25.0 Å². The molecule has 0 unspecified atom stereocenters. The predicted molar refractivity (Wildman–Crippen MR) is 244 cm³/mol. The molecule has 10 aromatic rings. The second-order valence-electron chi connectivity index (χ2n) is 16.1. The van der Waals surface area contributed by atoms with E-state index in [1.54, 1.807) is 0 Å². The van der Waals surface area contributed by atoms with Gasteiger partial charge in [0.1, 0.15) is 0 Å². The van der Waals surface area contributed by atoms with Crippen molar-refractivity contribution in [3.05, 3.63) is 217 Å². The van der Waals surface area contributed by atoms with E-state index >= 15 is 0 Å². The zero-order valence-electron chi connectivity index (χ0n) is 32.1. The zero-order valence-corrected chi connectivity index (χ0v) is 32.1. The molecule has 0 saturated heterocycles. The number of benzene rings is 10. The molecule has 0 aliphatic heterocycles. The van der Waals surface area contributed by atoms with Gasteiger partial charge in [0.05, 0.1) is 0 Å². The fourth-order valence-corrected chi connectivity index (χ4v) is 9.52. The third-order valence-electron chi connectivity index (χ3n) is 12.5. The van der Waals surface area contributed by atoms with Gasteiger partial charge in [0, 0.05) is 5.41 Å². The van der Waals surface area contributed by atoms with E-state index < -0.39 is 0 Å². The van der Waals surface area contributed by atoms with Gasteiger partial charge in [-0.3, -0.25) is 0 Å². The lowest BCUT2D eigenvalue weighted by Crippen LogP contribution is -2.15. The molecule has 11 rings (SSSR count). The maximum absolute atomic E-state index is 2.44. The first kappa shape index (κ1) is 33.3. The van der Waals surface area contributed by atoms with Gasteiger partial charge in [-0.1, -0.05) is 196 Å². The lowest BCUT2D eigenvalue weighted by atomic mass is 9.81. The van der Waals surface area contributed by atoms with Crippen molar-refractivity contribution in [1.29, 1.82) is 0 Å². The molecule has 0 heterocycles. The van der Waals surface area contributed by atoms with Crippen molar-refractivity contribution in [2.75, 3.05) is 0 Å². The molecule has 1 aliphatic carbocycles. The van der Waals surface area contributed by atoms with Gasteiger partial charge >= 0.3 is 0 Å². The van der Waals surface area contributed by atoms with Crippen molar-refractivity contribution in [3.8, 4) is 66.8 Å². The summed E-state index contributed by atoms with van der Waals surface area (Å²) in [7, 11) is 0. The summed E-state index contributed by atoms with van der Waals surface area (Å²) in [5, 5.41) is 7.66. The predicted octanol–water partition coefficient (Wildman–Crippen LogP) is 15.8. The molecular formula is C57H40. The molecule has 10 aromatic carbocycles. The highest BCUT2D eigenvalue weighted by Gasteiger charge is 2.36. The van der Waals surface area contributed by atoms with E-state index in [-0.39, 0.29) is 5.41 Å². The topological polar surface area (TPSA) is 0 Å². The maximum atomic E-state index is 2.44. The van der Waals surface area contributed by atoms with Crippen molar-refractivity contribution in [3.63, 3.8) is 0 Å². The van der Waals surface area contributed by atoms with Crippen molar-refractivity contribution in [2.45, 2.75) is 19.3 Å². The highest BCUT2D eigenvalue weighted by molar-refractivity contribution is 6.21. The number of hydrogen-bond acceptors (Lipinski definition) is 0. The Kier molecular flexibility index (Phi) is 7.63. The van der Waals surface area contributed by atoms with E-state index in [0.717, 1.165) is 0 Å². The summed E-state index contributed by atoms with van der Waals surface area (Å²) in [5.41, 5.74) is 17.8. The third-order valence-corrected chi connectivity index (χ3v) is 12.5. The quantitative estimate of drug-likeness (QED) is 0.155. The molecule has 0 spiro atoms. The van der Waals surface area contributed by atoms with Gasteiger partial charge in [0.25, 0.3) is 0 Å². The Balaban J connectivity index is 0.994. The first-order valence-corrected chi connectivity index (χ1v) is 20.0. The Bertz CT molecular complexity index is 3110. The highest BCUT2D eigenvalue weighted by Crippen LogP contribution is 2.51. The van der Waals surface area contributed by atoms with Gasteiger partial charge in [-0.25, -0.2) is 0 Å². The first-order valence-electron chi connectivity index (χ1n) is 20.0. The van der Waals surface area contributed by atoms with E-state index in [1.807, 2.05) is 0 Å². The zero-order chi connectivity index (χ0) is 38.1. The van der Waals surface area contributed by atoms with Crippen LogP contribution in [-0.2, 0) is 5.41 Å². The maximum Gasteiger partial charge on any atom is 0.0159 e. The first-order chi connectivity index (χ1) is 28.0. The minimum atomic E-state index is -0.0875. The molecule has 57 heavy (non-hydrogen) atoms. The monoisotopic (exact) mass is 724 g/mol. The summed E-state index contributed by atoms with van der Waals surface area (Å²) >= 11 is 0. The molecule has 268 valence electrons. The molecular weight excluding hydrogens is 685 g/mol. The Hall–Kier alpha value is -7.02. The molecule has 0 saturated carbocycles. The summed E-state index contributed by atoms with van der Waals surface area (Å²) < 4.78 is 0. The number of fused-ring (bicyclic) bond motifs is 6. The number of hydrogen-bond donors (Lipinski definition) is 0. The van der Waals surface area contributed by atoms with Gasteiger partial charge in [0.2, 0.25) is 0 Å². The smallest absolute Gasteiger partial charge is 0.0159 e. The SMILES string of the molecule is CC1(C)c2cc(-c3cccc(-c4c5ccccc5c(-c5ccc(-c6ccc(-c7ccccc7)cc6)cc5)c5ccccc45)c3)ccc2-c2cc3ccccc3cc21. The van der Waals surface area contributed by atoms with Crippen LogP contribution in [0.25, 0.3) is 99.1 Å². The average molecular weight is 725 g/mol. The van der Waals surface area contributed by atoms with Gasteiger partial charge < -0.3 is 0 Å². The molecule has 0 fully saturated rings. The van der Waals surface area contributed by atoms with E-state index in [9.17, 15) is 0 Å². The second kappa shape index (κ2) is 13.0. The summed E-state index contributed by atoms with van der Waals surface area (Å²) in [4.78, 5) is 0. The Labute approximate surface area is 334 Å². The minimum absolute atomic E-state index is 0.0875. The number of rotatable bonds is 5. The van der Waals surface area contributed by atoms with Crippen LogP contribution in [0, 0.1) is 0 Å². The van der Waals surface area contributed by atoms with Crippen molar-refractivity contribution >= 4 is 32.3 Å². The molecule has 0 radical (unpaired) electrons. The largest absolute Gasteiger partial charge is 0.0622 e. The van der Waals surface area contributed by atoms with E-state index in [2.05, 4.69) is 220 Å². The van der Waals surface area contributed by atoms with Crippen LogP contribution in [0.3, 0.4) is 0 Å². The van der Waals surface area contributed by atoms with E-state index in [0.29, 0.717) is 0 Å². The lowest BCUT2D eigenvalue weighted by Gasteiger charge is -2.22. The Morgan fingerprint density at radius 3 is 1.26 bits per heavy atom. The molecule has 0 heteroatoms. The second-order valence-corrected chi connectivity index (χ2v) is 16.1. The standard InChI is InChI=1S/C57H40/c1-57(2)53-36-45(31-32-47(53)52-34-43-15-6-7-16-44(43)35-54(52)57)42-17-12-18-46(33-42)56-50-21-10-8-19-48(50)55(49-20-9-11-22-51(49)56)41-29-27-40(28-30-41)39-25-23-38(24-26-39)37-13-4-3-5-14-37/h3-36H,1-2H3. The van der Waals surface area contributed by atoms with Gasteiger partial charge in [-0.05, 0) is 134 Å². The summed E-state index contributed by atoms with van der Waals surface area (Å²) in [6.45, 7) is 4.76. The molecule has 0 bridgehead atoms. The third kappa shape index (κ3) is 5.44. The molecule has 1 aliphatic rings. The van der Waals surface area contributed by atoms with Crippen LogP contribution < -0.4 is 0 Å². The van der Waals surface area contributed by atoms with Gasteiger partial charge in [-0.2, -0.15) is 0 Å². The van der Waals surface area contributed by atoms with Crippen LogP contribution >= 0.6 is 0 Å². The minimum Gasteiger partial charge on any atom is -0.0622 e. The Morgan fingerprint density at radius 1 is 0.263 bits per heavy atom. The Morgan fingerprint density at radius 2 is 0.667 bits per heavy atom. The van der Waals surface area contributed by atoms with Crippen molar-refractivity contribution in [1.82, 2.24) is 0 Å². The normalized spacial score (nSPS) is 12.9. The van der Waals surface area contributed by atoms with Crippen molar-refractivity contribution in [2.24, 2.45) is 0 Å². The summed E-state index contributed by atoms with van der Waals surface area (Å²) in [6, 6.07) is 76.3. The van der Waals surface area contributed by atoms with Crippen molar-refractivity contribution < 1.29 is 0 Å². The van der Waals surface area contributed by atoms with Crippen LogP contribution in [0.15, 0.2) is 206 Å². The van der Waals surface area contributed by atoms with Gasteiger partial charge in [-0.15, -0.1) is 0 Å². The van der Waals surface area contributed by atoms with E-state index in [1.165, 1.54) is 110 Å². The van der Waals surface area contributed by atoms with E-state index in [4.69, 9.17) is 0 Å². The average Bonchev–Trinajstić information content (AvgIpc) is 3.49. The molecule has 0 N–H and O–H groups in total. The van der Waals surface area contributed by atoms with Crippen LogP contribution in [0.4, 0.5) is 0 Å². The molecule has 0 atom stereocenters. The fraction of sp³-hybridized carbons (Fsp3) is 0.0526.